The first-order valence-electron chi connectivity index (χ1n) is 6.85. The van der Waals surface area contributed by atoms with Crippen LogP contribution in [0.3, 0.4) is 0 Å². The summed E-state index contributed by atoms with van der Waals surface area (Å²) in [4.78, 5) is 11.8. The molecule has 3 aliphatic rings. The Bertz CT molecular complexity index is 520. The van der Waals surface area contributed by atoms with Crippen LogP contribution in [0.1, 0.15) is 5.56 Å². The number of fused-ring (bicyclic) bond motifs is 1. The van der Waals surface area contributed by atoms with Crippen molar-refractivity contribution in [3.05, 3.63) is 99.6 Å². The molecule has 0 spiro atoms. The summed E-state index contributed by atoms with van der Waals surface area (Å²) in [5.74, 6) is 1.03. The molecule has 4 rings (SSSR count). The molecule has 108 valence electrons. The number of carbonyl (C=O) groups is 1. The van der Waals surface area contributed by atoms with Crippen molar-refractivity contribution < 1.29 is 21.9 Å². The molecule has 1 aromatic carbocycles. The van der Waals surface area contributed by atoms with Gasteiger partial charge in [-0.15, -0.1) is 0 Å². The van der Waals surface area contributed by atoms with Crippen LogP contribution in [-0.2, 0) is 21.9 Å². The molecule has 3 heteroatoms. The molecular formula is C19H15FeNO+2. The molecule has 10 radical (unpaired) electrons. The Morgan fingerprint density at radius 1 is 0.818 bits per heavy atom. The topological polar surface area (TPSA) is 29.1 Å². The summed E-state index contributed by atoms with van der Waals surface area (Å²) in [6.45, 7) is 0. The molecule has 2 fully saturated rings. The van der Waals surface area contributed by atoms with Crippen LogP contribution in [-0.4, -0.2) is 5.91 Å². The second-order valence-electron chi connectivity index (χ2n) is 4.74. The Hall–Kier alpha value is -1.05. The average Bonchev–Trinajstić information content (AvgIpc) is 3.24. The van der Waals surface area contributed by atoms with Crippen molar-refractivity contribution >= 4 is 17.2 Å². The number of nitrogens with one attached hydrogen (secondary N) is 1. The first kappa shape index (κ1) is 17.3. The van der Waals surface area contributed by atoms with Crippen LogP contribution in [0.5, 0.6) is 0 Å². The van der Waals surface area contributed by atoms with Crippen LogP contribution in [0.2, 0.25) is 0 Å². The molecule has 1 heterocycles. The van der Waals surface area contributed by atoms with E-state index in [0.717, 1.165) is 22.7 Å². The zero-order valence-electron chi connectivity index (χ0n) is 11.8. The number of amides is 1. The summed E-state index contributed by atoms with van der Waals surface area (Å²) >= 11 is 0. The van der Waals surface area contributed by atoms with E-state index in [2.05, 4.69) is 5.32 Å². The van der Waals surface area contributed by atoms with E-state index in [1.54, 1.807) is 0 Å². The molecule has 0 saturated heterocycles. The average molecular weight is 329 g/mol. The number of anilines is 1. The monoisotopic (exact) mass is 329 g/mol. The fourth-order valence-corrected chi connectivity index (χ4v) is 2.25. The van der Waals surface area contributed by atoms with E-state index in [1.807, 2.05) is 88.1 Å². The number of carbonyl (C=O) groups excluding carboxylic acids is 1. The summed E-state index contributed by atoms with van der Waals surface area (Å²) in [5.41, 5.74) is 2.61. The molecular weight excluding hydrogens is 314 g/mol. The standard InChI is InChI=1S/C14H10NO.C5H5.Fe/c16-14-12(9-10-5-1-2-6-10)11-7-3-4-8-13(11)15-14;1-2-4-5-3-1;/h1-9H,(H,15,16);1-5H;/q;;+2. The number of rotatable bonds is 1. The van der Waals surface area contributed by atoms with Crippen LogP contribution in [0.15, 0.2) is 30.3 Å². The Balaban J connectivity index is 0.000000253. The minimum Gasteiger partial charge on any atom is -0.321 e. The predicted molar refractivity (Wildman–Crippen MR) is 85.0 cm³/mol. The third kappa shape index (κ3) is 4.24. The van der Waals surface area contributed by atoms with E-state index >= 15 is 0 Å². The normalized spacial score (nSPS) is 21.8. The molecule has 22 heavy (non-hydrogen) atoms. The van der Waals surface area contributed by atoms with Crippen molar-refractivity contribution in [3.63, 3.8) is 0 Å². The molecule has 0 unspecified atom stereocenters. The van der Waals surface area contributed by atoms with E-state index in [0.29, 0.717) is 0 Å². The van der Waals surface area contributed by atoms with E-state index < -0.39 is 0 Å². The van der Waals surface area contributed by atoms with Crippen molar-refractivity contribution in [3.8, 4) is 0 Å². The van der Waals surface area contributed by atoms with Crippen molar-refractivity contribution in [2.45, 2.75) is 0 Å². The number of benzene rings is 1. The molecule has 0 aromatic heterocycles. The Morgan fingerprint density at radius 3 is 2.05 bits per heavy atom. The van der Waals surface area contributed by atoms with Gasteiger partial charge < -0.3 is 5.32 Å². The minimum absolute atomic E-state index is 0. The maximum Gasteiger partial charge on any atom is 2.00 e. The van der Waals surface area contributed by atoms with Gasteiger partial charge >= 0.3 is 17.1 Å². The van der Waals surface area contributed by atoms with Gasteiger partial charge in [0.15, 0.2) is 0 Å². The van der Waals surface area contributed by atoms with E-state index in [9.17, 15) is 4.79 Å². The van der Waals surface area contributed by atoms with Gasteiger partial charge in [-0.3, -0.25) is 4.79 Å². The van der Waals surface area contributed by atoms with Gasteiger partial charge in [-0.2, -0.15) is 0 Å². The zero-order valence-corrected chi connectivity index (χ0v) is 12.9. The van der Waals surface area contributed by atoms with Crippen LogP contribution >= 0.6 is 0 Å². The minimum atomic E-state index is -0.0256. The number of hydrogen-bond acceptors (Lipinski definition) is 1. The fourth-order valence-electron chi connectivity index (χ4n) is 2.25. The summed E-state index contributed by atoms with van der Waals surface area (Å²) < 4.78 is 0. The molecule has 0 atom stereocenters. The quantitative estimate of drug-likeness (QED) is 0.621. The molecule has 1 aliphatic heterocycles. The molecule has 2 saturated carbocycles. The van der Waals surface area contributed by atoms with E-state index in [-0.39, 0.29) is 23.0 Å². The molecule has 2 nitrogen and oxygen atoms in total. The van der Waals surface area contributed by atoms with Crippen LogP contribution in [0, 0.1) is 63.7 Å². The number of allylic oxidation sites excluding steroid dienone is 1. The Kier molecular flexibility index (Phi) is 6.72. The van der Waals surface area contributed by atoms with Gasteiger partial charge in [-0.05, 0) is 63.9 Å². The summed E-state index contributed by atoms with van der Waals surface area (Å²) in [5, 5.41) is 2.85. The largest absolute Gasteiger partial charge is 2.00 e. The molecule has 1 N–H and O–H groups in total. The molecule has 0 bridgehead atoms. The molecule has 1 amide bonds. The zero-order chi connectivity index (χ0) is 14.5. The third-order valence-corrected chi connectivity index (χ3v) is 3.27. The van der Waals surface area contributed by atoms with Gasteiger partial charge in [0, 0.05) is 22.7 Å². The SMILES string of the molecule is O=C1Nc2ccccc2C1=C[C]1[CH][CH][CH][CH]1.[CH]1[CH][CH][CH][CH]1.[Fe+2]. The Morgan fingerprint density at radius 2 is 1.41 bits per heavy atom. The van der Waals surface area contributed by atoms with Crippen molar-refractivity contribution in [2.24, 2.45) is 0 Å². The van der Waals surface area contributed by atoms with Gasteiger partial charge in [0.25, 0.3) is 5.91 Å². The van der Waals surface area contributed by atoms with Crippen molar-refractivity contribution in [1.82, 2.24) is 0 Å². The van der Waals surface area contributed by atoms with Gasteiger partial charge in [-0.1, -0.05) is 24.3 Å². The van der Waals surface area contributed by atoms with Gasteiger partial charge in [0.05, 0.1) is 0 Å². The maximum atomic E-state index is 11.8. The van der Waals surface area contributed by atoms with Crippen molar-refractivity contribution in [2.75, 3.05) is 5.32 Å². The maximum absolute atomic E-state index is 11.8. The number of hydrogen-bond donors (Lipinski definition) is 1. The van der Waals surface area contributed by atoms with E-state index in [1.165, 1.54) is 0 Å². The smallest absolute Gasteiger partial charge is 0.321 e. The van der Waals surface area contributed by atoms with Crippen LogP contribution < -0.4 is 5.32 Å². The second-order valence-corrected chi connectivity index (χ2v) is 4.74. The summed E-state index contributed by atoms with van der Waals surface area (Å²) in [6.07, 6.45) is 19.8. The molecule has 1 aromatic rings. The first-order chi connectivity index (χ1) is 10.3. The van der Waals surface area contributed by atoms with Crippen LogP contribution in [0.25, 0.3) is 5.57 Å². The molecule has 2 aliphatic carbocycles. The predicted octanol–water partition coefficient (Wildman–Crippen LogP) is 3.45. The second kappa shape index (κ2) is 8.55. The summed E-state index contributed by atoms with van der Waals surface area (Å²) in [7, 11) is 0. The summed E-state index contributed by atoms with van der Waals surface area (Å²) in [6, 6.07) is 7.74. The first-order valence-corrected chi connectivity index (χ1v) is 6.85. The van der Waals surface area contributed by atoms with E-state index in [4.69, 9.17) is 0 Å². The third-order valence-electron chi connectivity index (χ3n) is 3.27. The van der Waals surface area contributed by atoms with Crippen molar-refractivity contribution in [1.29, 1.82) is 0 Å². The number of para-hydroxylation sites is 1. The van der Waals surface area contributed by atoms with Gasteiger partial charge in [-0.25, -0.2) is 0 Å². The van der Waals surface area contributed by atoms with Gasteiger partial charge in [0.2, 0.25) is 0 Å². The fraction of sp³-hybridized carbons (Fsp3) is 0. The van der Waals surface area contributed by atoms with Gasteiger partial charge in [0.1, 0.15) is 0 Å². The Labute approximate surface area is 144 Å². The van der Waals surface area contributed by atoms with Crippen LogP contribution in [0.4, 0.5) is 5.69 Å².